The van der Waals surface area contributed by atoms with E-state index < -0.39 is 214 Å². The fourth-order valence-corrected chi connectivity index (χ4v) is 9.18. The Morgan fingerprint density at radius 3 is 0.926 bits per heavy atom. The predicted molar refractivity (Wildman–Crippen MR) is 225 cm³/mol. The zero-order valence-electron chi connectivity index (χ0n) is 44.2. The topological polar surface area (TPSA) is 70.4 Å². The number of carbonyl (C=O) groups is 2. The highest BCUT2D eigenvalue weighted by atomic mass is 32.2. The van der Waals surface area contributed by atoms with Gasteiger partial charge < -0.3 is 15.0 Å². The number of aryl methyl sites for hydroxylation is 1. The van der Waals surface area contributed by atoms with E-state index in [0.717, 1.165) is 23.1 Å². The molecule has 0 aromatic heterocycles. The van der Waals surface area contributed by atoms with E-state index in [1.165, 1.54) is 13.8 Å². The first kappa shape index (κ1) is 86.3. The van der Waals surface area contributed by atoms with Crippen molar-refractivity contribution in [1.29, 1.82) is 0 Å². The molecule has 0 aliphatic carbocycles. The minimum absolute atomic E-state index is 0.109. The number of anilines is 2. The van der Waals surface area contributed by atoms with E-state index in [9.17, 15) is 212 Å². The second kappa shape index (κ2) is 25.1. The highest BCUT2D eigenvalue weighted by Gasteiger charge is 3.02. The van der Waals surface area contributed by atoms with E-state index in [1.54, 1.807) is 5.32 Å². The number of nitrogens with one attached hydrogen (secondary N) is 2. The number of hydrogen-bond donors (Lipinski definition) is 2. The molecule has 1 heterocycles. The number of urea groups is 1. The van der Waals surface area contributed by atoms with E-state index in [1.807, 2.05) is 0 Å². The number of amides is 3. The first-order valence-corrected chi connectivity index (χ1v) is 25.6. The zero-order chi connectivity index (χ0) is 76.2. The summed E-state index contributed by atoms with van der Waals surface area (Å²) >= 11 is -1.61. The molecule has 558 valence electrons. The molecule has 2 N–H and O–H groups in total. The molecule has 3 amide bonds. The molecule has 0 saturated carbocycles. The Morgan fingerprint density at radius 2 is 0.674 bits per heavy atom. The van der Waals surface area contributed by atoms with Crippen molar-refractivity contribution in [3.8, 4) is 0 Å². The molecule has 1 saturated heterocycles. The molecule has 95 heavy (non-hydrogen) atoms. The third-order valence-electron chi connectivity index (χ3n) is 12.9. The first-order chi connectivity index (χ1) is 41.2. The number of rotatable bonds is 29. The molecule has 0 radical (unpaired) electrons. The molecule has 54 heteroatoms. The smallest absolute Gasteiger partial charge is 0.438 e. The largest absolute Gasteiger partial charge is 0.444 e. The molecular formula is C41H27F46N3O3S2. The van der Waals surface area contributed by atoms with Gasteiger partial charge in [-0.3, -0.25) is 5.32 Å². The molecule has 0 spiro atoms. The molecule has 6 nitrogen and oxygen atoms in total. The highest BCUT2D eigenvalue weighted by molar-refractivity contribution is 8.00. The summed E-state index contributed by atoms with van der Waals surface area (Å²) in [5.41, 5.74) is -19.4. The Kier molecular flexibility index (Phi) is 22.8. The van der Waals surface area contributed by atoms with Crippen molar-refractivity contribution in [3.63, 3.8) is 0 Å². The summed E-state index contributed by atoms with van der Waals surface area (Å²) in [6, 6.07) is 1.44. The normalized spacial score (nSPS) is 17.2. The van der Waals surface area contributed by atoms with Crippen LogP contribution in [-0.4, -0.2) is 190 Å². The number of nitrogens with zero attached hydrogens (tertiary/aromatic N) is 1. The Balaban J connectivity index is 2.60. The van der Waals surface area contributed by atoms with E-state index >= 15 is 0 Å². The average molecular weight is 1550 g/mol. The van der Waals surface area contributed by atoms with Crippen LogP contribution in [0, 0.1) is 6.92 Å². The van der Waals surface area contributed by atoms with Gasteiger partial charge in [0.25, 0.3) is 0 Å². The number of hydrogen-bond acceptors (Lipinski definition) is 5. The summed E-state index contributed by atoms with van der Waals surface area (Å²) in [5.74, 6) is -156. The molecule has 0 bridgehead atoms. The summed E-state index contributed by atoms with van der Waals surface area (Å²) in [4.78, 5) is 26.3. The highest BCUT2D eigenvalue weighted by Crippen LogP contribution is 2.71. The van der Waals surface area contributed by atoms with Crippen LogP contribution in [0.1, 0.15) is 25.3 Å². The van der Waals surface area contributed by atoms with Gasteiger partial charge in [0.1, 0.15) is 6.10 Å². The Morgan fingerprint density at radius 1 is 0.421 bits per heavy atom. The van der Waals surface area contributed by atoms with Crippen LogP contribution >= 0.6 is 23.5 Å². The van der Waals surface area contributed by atoms with Crippen LogP contribution in [-0.2, 0) is 4.74 Å². The van der Waals surface area contributed by atoms with E-state index in [-0.39, 0.29) is 23.8 Å². The Bertz CT molecular complexity index is 2710. The fraction of sp³-hybridized carbons (Fsp3) is 0.805. The summed E-state index contributed by atoms with van der Waals surface area (Å²) in [6.45, 7) is 2.89. The lowest BCUT2D eigenvalue weighted by Crippen LogP contribution is -2.79. The van der Waals surface area contributed by atoms with Gasteiger partial charge >= 0.3 is 143 Å². The third-order valence-corrected chi connectivity index (χ3v) is 15.1. The third kappa shape index (κ3) is 13.3. The van der Waals surface area contributed by atoms with E-state index in [4.69, 9.17) is 0 Å². The lowest BCUT2D eigenvalue weighted by Gasteiger charge is -2.46. The fourth-order valence-electron chi connectivity index (χ4n) is 7.00. The maximum atomic E-state index is 14.7. The van der Waals surface area contributed by atoms with Crippen molar-refractivity contribution in [2.24, 2.45) is 0 Å². The van der Waals surface area contributed by atoms with Gasteiger partial charge in [-0.15, -0.1) is 0 Å². The van der Waals surface area contributed by atoms with E-state index in [0.29, 0.717) is 0 Å². The van der Waals surface area contributed by atoms with Crippen molar-refractivity contribution in [1.82, 2.24) is 4.90 Å². The number of halogens is 46. The van der Waals surface area contributed by atoms with Gasteiger partial charge in [0.15, 0.2) is 0 Å². The van der Waals surface area contributed by atoms with Crippen LogP contribution in [0.4, 0.5) is 223 Å². The maximum Gasteiger partial charge on any atom is 0.438 e. The number of ether oxygens (including phenoxy) is 1. The van der Waals surface area contributed by atoms with Crippen LogP contribution in [0.3, 0.4) is 0 Å². The zero-order valence-corrected chi connectivity index (χ0v) is 45.8. The molecular weight excluding hydrogens is 1520 g/mol. The second-order valence-electron chi connectivity index (χ2n) is 19.5. The summed E-state index contributed by atoms with van der Waals surface area (Å²) in [7, 11) is 0. The van der Waals surface area contributed by atoms with E-state index in [2.05, 4.69) is 10.1 Å². The van der Waals surface area contributed by atoms with Gasteiger partial charge in [0.05, 0.1) is 0 Å². The van der Waals surface area contributed by atoms with Crippen molar-refractivity contribution in [2.45, 2.75) is 170 Å². The van der Waals surface area contributed by atoms with Gasteiger partial charge in [0, 0.05) is 48.3 Å². The van der Waals surface area contributed by atoms with Gasteiger partial charge in [-0.05, 0) is 43.0 Å². The van der Waals surface area contributed by atoms with Crippen molar-refractivity contribution in [3.05, 3.63) is 23.8 Å². The number of benzene rings is 1. The minimum atomic E-state index is -9.86. The molecule has 1 unspecified atom stereocenters. The number of carbonyl (C=O) groups excluding carboxylic acids is 2. The first-order valence-electron chi connectivity index (χ1n) is 23.2. The van der Waals surface area contributed by atoms with Gasteiger partial charge in [-0.2, -0.15) is 217 Å². The lowest BCUT2D eigenvalue weighted by atomic mass is 9.82. The lowest BCUT2D eigenvalue weighted by molar-refractivity contribution is -0.481. The van der Waals surface area contributed by atoms with Crippen LogP contribution in [0.25, 0.3) is 0 Å². The molecule has 2 rings (SSSR count). The standard InChI is InChI=1S/C41H27F46N3O3S2/c1-13-3-4-15(9-17(13)89-18(91)90-10-14(90)2)88-19(92)93-16(11-94-7-5-20(42,43)24(48,49)28(56,57)32(64,65)36(72,73)34(68,69)30(60,61)26(52,53)22(46,38(76,77)78)39(79,80)81)12-95-8-6-21(44,45)25(50,51)29(58,59)33(66,67)37(74,75)35(70,71)31(62,63)27(54,55)23(47,40(82,83)84)41(85,86)87/h3-4,9,14,16H,5-8,10-12H2,1-2H3,(H,88,92)(H,89,91). The molecule has 1 aliphatic rings. The van der Waals surface area contributed by atoms with Crippen LogP contribution < -0.4 is 10.6 Å². The predicted octanol–water partition coefficient (Wildman–Crippen LogP) is 19.2. The Labute approximate surface area is 501 Å². The summed E-state index contributed by atoms with van der Waals surface area (Å²) < 4.78 is 645. The van der Waals surface area contributed by atoms with Crippen molar-refractivity contribution >= 4 is 47.0 Å². The summed E-state index contributed by atoms with van der Waals surface area (Å²) in [6.07, 6.45) is -46.9. The molecule has 1 atom stereocenters. The molecule has 1 aliphatic heterocycles. The number of alkyl halides is 46. The van der Waals surface area contributed by atoms with Crippen molar-refractivity contribution < 1.29 is 216 Å². The molecule has 1 fully saturated rings. The quantitative estimate of drug-likeness (QED) is 0.0475. The van der Waals surface area contributed by atoms with Crippen LogP contribution in [0.15, 0.2) is 18.2 Å². The summed E-state index contributed by atoms with van der Waals surface area (Å²) in [5, 5.41) is 3.93. The Hall–Kier alpha value is -4.76. The molecule has 1 aromatic carbocycles. The SMILES string of the molecule is Cc1ccc(NC(=O)OC(CSCCC(F)(F)C(F)(F)C(F)(F)C(F)(F)C(F)(F)C(F)(F)C(F)(F)C(F)(F)C(F)(C(F)(F)F)C(F)(F)F)CSCCC(F)(F)C(F)(F)C(F)(F)C(F)(F)C(F)(F)C(F)(F)C(F)(F)C(F)(F)C(F)(C(F)(F)F)C(F)(F)F)cc1NC(=O)N1CC1C. The van der Waals surface area contributed by atoms with Gasteiger partial charge in [-0.1, -0.05) is 6.07 Å². The maximum absolute atomic E-state index is 14.7. The van der Waals surface area contributed by atoms with Crippen LogP contribution in [0.2, 0.25) is 0 Å². The molecule has 1 aromatic rings. The second-order valence-corrected chi connectivity index (χ2v) is 21.8. The van der Waals surface area contributed by atoms with Crippen molar-refractivity contribution in [2.75, 3.05) is 40.2 Å². The average Bonchev–Trinajstić information content (AvgIpc) is 0.817. The monoisotopic (exact) mass is 1550 g/mol. The minimum Gasteiger partial charge on any atom is -0.444 e. The number of thioether (sulfide) groups is 2. The van der Waals surface area contributed by atoms with Crippen LogP contribution in [0.5, 0.6) is 0 Å². The van der Waals surface area contributed by atoms with Gasteiger partial charge in [0.2, 0.25) is 0 Å². The van der Waals surface area contributed by atoms with Gasteiger partial charge in [-0.25, -0.2) is 18.4 Å².